The predicted molar refractivity (Wildman–Crippen MR) is 181 cm³/mol. The Balaban J connectivity index is 3.23. The summed E-state index contributed by atoms with van der Waals surface area (Å²) in [5, 5.41) is 10.2. The van der Waals surface area contributed by atoms with E-state index in [4.69, 9.17) is 4.74 Å². The van der Waals surface area contributed by atoms with Gasteiger partial charge in [0.1, 0.15) is 0 Å². The zero-order chi connectivity index (χ0) is 29.9. The van der Waals surface area contributed by atoms with Gasteiger partial charge in [0.2, 0.25) is 0 Å². The minimum absolute atomic E-state index is 0.0117. The second kappa shape index (κ2) is 35.6. The molecule has 41 heavy (non-hydrogen) atoms. The fourth-order valence-electron chi connectivity index (χ4n) is 5.92. The molecule has 0 aliphatic carbocycles. The van der Waals surface area contributed by atoms with Crippen molar-refractivity contribution in [3.8, 4) is 0 Å². The second-order valence-corrected chi connectivity index (χ2v) is 13.1. The van der Waals surface area contributed by atoms with Gasteiger partial charge in [0.15, 0.2) is 0 Å². The molecule has 0 rings (SSSR count). The van der Waals surface area contributed by atoms with Crippen LogP contribution in [-0.4, -0.2) is 23.8 Å². The lowest BCUT2D eigenvalue weighted by Gasteiger charge is -2.10. The number of hydrogen-bond donors (Lipinski definition) is 1. The van der Waals surface area contributed by atoms with E-state index >= 15 is 0 Å². The van der Waals surface area contributed by atoms with Crippen LogP contribution >= 0.6 is 0 Å². The normalized spacial score (nSPS) is 12.2. The van der Waals surface area contributed by atoms with E-state index in [0.29, 0.717) is 13.0 Å². The van der Waals surface area contributed by atoms with Gasteiger partial charge in [0.25, 0.3) is 0 Å². The van der Waals surface area contributed by atoms with Crippen LogP contribution in [0, 0.1) is 0 Å². The topological polar surface area (TPSA) is 46.5 Å². The molecule has 0 radical (unpaired) electrons. The monoisotopic (exact) mass is 581 g/mol. The zero-order valence-corrected chi connectivity index (χ0v) is 28.4. The molecule has 3 nitrogen and oxygen atoms in total. The van der Waals surface area contributed by atoms with E-state index in [1.807, 2.05) is 0 Å². The van der Waals surface area contributed by atoms with Gasteiger partial charge in [-0.1, -0.05) is 194 Å². The van der Waals surface area contributed by atoms with E-state index in [0.717, 1.165) is 51.4 Å². The Morgan fingerprint density at radius 3 is 1.10 bits per heavy atom. The maximum Gasteiger partial charge on any atom is 0.305 e. The number of unbranched alkanes of at least 4 members (excludes halogenated alkanes) is 27. The van der Waals surface area contributed by atoms with Gasteiger partial charge in [-0.25, -0.2) is 0 Å². The molecule has 1 unspecified atom stereocenters. The third-order valence-electron chi connectivity index (χ3n) is 8.82. The van der Waals surface area contributed by atoms with E-state index in [-0.39, 0.29) is 12.1 Å². The first-order valence-corrected chi connectivity index (χ1v) is 19.0. The fraction of sp³-hybridized carbons (Fsp3) is 0.974. The number of aliphatic hydroxyl groups excluding tert-OH is 1. The summed E-state index contributed by atoms with van der Waals surface area (Å²) in [5.74, 6) is -0.0117. The van der Waals surface area contributed by atoms with Crippen LogP contribution in [0.1, 0.15) is 226 Å². The first-order chi connectivity index (χ1) is 20.2. The minimum atomic E-state index is -0.123. The highest BCUT2D eigenvalue weighted by atomic mass is 16.5. The van der Waals surface area contributed by atoms with Crippen molar-refractivity contribution >= 4 is 5.97 Å². The number of carbonyl (C=O) groups is 1. The van der Waals surface area contributed by atoms with Crippen LogP contribution in [-0.2, 0) is 9.53 Å². The molecule has 246 valence electrons. The van der Waals surface area contributed by atoms with Gasteiger partial charge >= 0.3 is 5.97 Å². The molecule has 0 fully saturated rings. The van der Waals surface area contributed by atoms with Gasteiger partial charge in [-0.2, -0.15) is 0 Å². The van der Waals surface area contributed by atoms with Crippen molar-refractivity contribution in [1.29, 1.82) is 0 Å². The summed E-state index contributed by atoms with van der Waals surface area (Å²) >= 11 is 0. The number of rotatable bonds is 35. The van der Waals surface area contributed by atoms with Gasteiger partial charge < -0.3 is 9.84 Å². The van der Waals surface area contributed by atoms with Crippen molar-refractivity contribution in [3.63, 3.8) is 0 Å². The number of carbonyl (C=O) groups excluding carboxylic acids is 1. The molecule has 0 aliphatic rings. The summed E-state index contributed by atoms with van der Waals surface area (Å²) in [6.07, 6.45) is 41.8. The minimum Gasteiger partial charge on any atom is -0.466 e. The molecule has 0 spiro atoms. The van der Waals surface area contributed by atoms with Crippen molar-refractivity contribution in [1.82, 2.24) is 0 Å². The first-order valence-electron chi connectivity index (χ1n) is 19.0. The molecule has 0 aromatic rings. The average Bonchev–Trinajstić information content (AvgIpc) is 2.97. The summed E-state index contributed by atoms with van der Waals surface area (Å²) in [6, 6.07) is 0. The Kier molecular flexibility index (Phi) is 35.1. The van der Waals surface area contributed by atoms with E-state index in [1.54, 1.807) is 0 Å². The summed E-state index contributed by atoms with van der Waals surface area (Å²) < 4.78 is 5.42. The molecule has 0 amide bonds. The number of ether oxygens (including phenoxy) is 1. The number of hydrogen-bond acceptors (Lipinski definition) is 3. The van der Waals surface area contributed by atoms with E-state index in [2.05, 4.69) is 13.8 Å². The molecule has 0 heterocycles. The van der Waals surface area contributed by atoms with E-state index in [9.17, 15) is 9.90 Å². The SMILES string of the molecule is CCCCCCCCCCCCCCCCCCCC(=O)OCCCCCCC(O)CCCCCCCCCCC. The van der Waals surface area contributed by atoms with Crippen LogP contribution in [0.15, 0.2) is 0 Å². The highest BCUT2D eigenvalue weighted by Crippen LogP contribution is 2.16. The number of esters is 1. The molecule has 0 saturated heterocycles. The Morgan fingerprint density at radius 1 is 0.439 bits per heavy atom. The van der Waals surface area contributed by atoms with E-state index in [1.165, 1.54) is 154 Å². The summed E-state index contributed by atoms with van der Waals surface area (Å²) in [5.41, 5.74) is 0. The maximum atomic E-state index is 12.0. The lowest BCUT2D eigenvalue weighted by molar-refractivity contribution is -0.143. The average molecular weight is 581 g/mol. The van der Waals surface area contributed by atoms with Crippen LogP contribution in [0.5, 0.6) is 0 Å². The molecule has 0 aromatic carbocycles. The van der Waals surface area contributed by atoms with Crippen molar-refractivity contribution in [2.45, 2.75) is 232 Å². The fourth-order valence-corrected chi connectivity index (χ4v) is 5.92. The molecule has 3 heteroatoms. The van der Waals surface area contributed by atoms with E-state index < -0.39 is 0 Å². The van der Waals surface area contributed by atoms with Crippen LogP contribution < -0.4 is 0 Å². The zero-order valence-electron chi connectivity index (χ0n) is 28.4. The van der Waals surface area contributed by atoms with Crippen LogP contribution in [0.25, 0.3) is 0 Å². The van der Waals surface area contributed by atoms with Gasteiger partial charge in [-0.15, -0.1) is 0 Å². The summed E-state index contributed by atoms with van der Waals surface area (Å²) in [7, 11) is 0. The van der Waals surface area contributed by atoms with Crippen LogP contribution in [0.3, 0.4) is 0 Å². The van der Waals surface area contributed by atoms with Crippen molar-refractivity contribution in [3.05, 3.63) is 0 Å². The predicted octanol–water partition coefficient (Wildman–Crippen LogP) is 12.8. The third kappa shape index (κ3) is 35.5. The van der Waals surface area contributed by atoms with Crippen molar-refractivity contribution < 1.29 is 14.6 Å². The Bertz CT molecular complexity index is 492. The second-order valence-electron chi connectivity index (χ2n) is 13.1. The highest BCUT2D eigenvalue weighted by Gasteiger charge is 2.05. The molecule has 0 bridgehead atoms. The lowest BCUT2D eigenvalue weighted by Crippen LogP contribution is -2.07. The molecular formula is C38H76O3. The Labute approximate surface area is 258 Å². The molecule has 1 atom stereocenters. The Hall–Kier alpha value is -0.570. The largest absolute Gasteiger partial charge is 0.466 e. The van der Waals surface area contributed by atoms with Gasteiger partial charge in [-0.3, -0.25) is 4.79 Å². The third-order valence-corrected chi connectivity index (χ3v) is 8.82. The lowest BCUT2D eigenvalue weighted by atomic mass is 10.0. The van der Waals surface area contributed by atoms with Crippen LogP contribution in [0.4, 0.5) is 0 Å². The quantitative estimate of drug-likeness (QED) is 0.0599. The maximum absolute atomic E-state index is 12.0. The molecule has 0 aliphatic heterocycles. The van der Waals surface area contributed by atoms with Gasteiger partial charge in [0.05, 0.1) is 12.7 Å². The van der Waals surface area contributed by atoms with Crippen LogP contribution in [0.2, 0.25) is 0 Å². The smallest absolute Gasteiger partial charge is 0.305 e. The summed E-state index contributed by atoms with van der Waals surface area (Å²) in [6.45, 7) is 5.13. The first kappa shape index (κ1) is 40.4. The van der Waals surface area contributed by atoms with Crippen molar-refractivity contribution in [2.75, 3.05) is 6.61 Å². The Morgan fingerprint density at radius 2 is 0.732 bits per heavy atom. The van der Waals surface area contributed by atoms with Gasteiger partial charge in [0, 0.05) is 6.42 Å². The summed E-state index contributed by atoms with van der Waals surface area (Å²) in [4.78, 5) is 12.0. The molecule has 0 aromatic heterocycles. The van der Waals surface area contributed by atoms with Gasteiger partial charge in [-0.05, 0) is 25.7 Å². The highest BCUT2D eigenvalue weighted by molar-refractivity contribution is 5.69. The van der Waals surface area contributed by atoms with Crippen molar-refractivity contribution in [2.24, 2.45) is 0 Å². The molecule has 0 saturated carbocycles. The molecule has 1 N–H and O–H groups in total. The molecular weight excluding hydrogens is 504 g/mol. The standard InChI is InChI=1S/C38H76O3/c1-3-5-7-9-11-13-14-15-16-17-18-19-20-22-24-26-31-35-38(40)41-36-32-28-27-30-34-37(39)33-29-25-23-21-12-10-8-6-4-2/h37,39H,3-36H2,1-2H3. The number of aliphatic hydroxyl groups is 1.